The summed E-state index contributed by atoms with van der Waals surface area (Å²) < 4.78 is 44.2. The molecule has 1 heterocycles. The molecule has 2 aliphatic carbocycles. The van der Waals surface area contributed by atoms with Crippen LogP contribution in [0.5, 0.6) is 0 Å². The quantitative estimate of drug-likeness (QED) is 0.587. The topological polar surface area (TPSA) is 63.2 Å². The van der Waals surface area contributed by atoms with Crippen molar-refractivity contribution in [2.24, 2.45) is 17.8 Å². The summed E-state index contributed by atoms with van der Waals surface area (Å²) in [7, 11) is 0. The number of aromatic nitrogens is 1. The number of hydrogen-bond acceptors (Lipinski definition) is 4. The smallest absolute Gasteiger partial charge is 0.417 e. The van der Waals surface area contributed by atoms with Crippen LogP contribution in [0.2, 0.25) is 0 Å². The van der Waals surface area contributed by atoms with Crippen molar-refractivity contribution in [2.75, 3.05) is 5.32 Å². The first kappa shape index (κ1) is 23.7. The Labute approximate surface area is 182 Å². The van der Waals surface area contributed by atoms with Crippen molar-refractivity contribution >= 4 is 11.9 Å². The molecule has 3 rings (SSSR count). The van der Waals surface area contributed by atoms with Crippen LogP contribution in [0.3, 0.4) is 0 Å². The van der Waals surface area contributed by atoms with Crippen LogP contribution in [0.4, 0.5) is 23.8 Å². The number of nitrogens with zero attached hydrogens (tertiary/aromatic N) is 1. The fourth-order valence-electron chi connectivity index (χ4n) is 5.04. The van der Waals surface area contributed by atoms with Crippen LogP contribution in [0, 0.1) is 17.8 Å². The standard InChI is InChI=1S/C23H34F3N3O2/c1-14(2)17-9-7-15(3)12-18(17)31-21(30)28-19-6-5-11-22(19,4)29-20-10-8-16(13-27-20)23(24,25)26/h8,10,13-15,17-19H,5-7,9,11-12H2,1-4H3,(H,27,29)(H,28,30)/t15-,17-,18?,19?,22+/m1/s1. The van der Waals surface area contributed by atoms with E-state index in [1.165, 1.54) is 6.07 Å². The first-order valence-electron chi connectivity index (χ1n) is 11.3. The number of pyridine rings is 1. The van der Waals surface area contributed by atoms with Gasteiger partial charge in [-0.25, -0.2) is 9.78 Å². The Hall–Kier alpha value is -1.99. The maximum Gasteiger partial charge on any atom is 0.417 e. The first-order valence-corrected chi connectivity index (χ1v) is 11.3. The van der Waals surface area contributed by atoms with Gasteiger partial charge in [0.15, 0.2) is 0 Å². The molecule has 0 aliphatic heterocycles. The third-order valence-electron chi connectivity index (χ3n) is 6.97. The van der Waals surface area contributed by atoms with Gasteiger partial charge in [0.2, 0.25) is 0 Å². The Bertz CT molecular complexity index is 753. The summed E-state index contributed by atoms with van der Waals surface area (Å²) in [6, 6.07) is 2.15. The molecular weight excluding hydrogens is 407 g/mol. The number of amides is 1. The monoisotopic (exact) mass is 441 g/mol. The van der Waals surface area contributed by atoms with Gasteiger partial charge in [-0.2, -0.15) is 13.2 Å². The molecular formula is C23H34F3N3O2. The molecule has 0 aromatic carbocycles. The number of alkyl halides is 3. The van der Waals surface area contributed by atoms with Gasteiger partial charge in [-0.3, -0.25) is 0 Å². The zero-order valence-electron chi connectivity index (χ0n) is 18.8. The van der Waals surface area contributed by atoms with Crippen LogP contribution in [-0.2, 0) is 10.9 Å². The maximum absolute atomic E-state index is 12.8. The number of carbonyl (C=O) groups excluding carboxylic acids is 1. The molecule has 2 fully saturated rings. The predicted octanol–water partition coefficient (Wildman–Crippen LogP) is 6.01. The van der Waals surface area contributed by atoms with Gasteiger partial charge in [0.05, 0.1) is 17.1 Å². The van der Waals surface area contributed by atoms with Crippen molar-refractivity contribution < 1.29 is 22.7 Å². The van der Waals surface area contributed by atoms with E-state index in [9.17, 15) is 18.0 Å². The van der Waals surface area contributed by atoms with Crippen LogP contribution in [0.15, 0.2) is 18.3 Å². The number of alkyl carbamates (subject to hydrolysis) is 1. The summed E-state index contributed by atoms with van der Waals surface area (Å²) in [5, 5.41) is 6.26. The van der Waals surface area contributed by atoms with Gasteiger partial charge in [0.25, 0.3) is 0 Å². The van der Waals surface area contributed by atoms with Crippen molar-refractivity contribution in [3.8, 4) is 0 Å². The molecule has 2 saturated carbocycles. The Balaban J connectivity index is 1.62. The van der Waals surface area contributed by atoms with Crippen LogP contribution < -0.4 is 10.6 Å². The van der Waals surface area contributed by atoms with Crippen molar-refractivity contribution in [1.82, 2.24) is 10.3 Å². The lowest BCUT2D eigenvalue weighted by molar-refractivity contribution is -0.137. The second kappa shape index (κ2) is 9.25. The number of anilines is 1. The van der Waals surface area contributed by atoms with Crippen LogP contribution >= 0.6 is 0 Å². The number of nitrogens with one attached hydrogen (secondary N) is 2. The van der Waals surface area contributed by atoms with Crippen molar-refractivity contribution in [2.45, 2.75) is 90.1 Å². The molecule has 31 heavy (non-hydrogen) atoms. The zero-order valence-corrected chi connectivity index (χ0v) is 18.8. The molecule has 1 aromatic rings. The second-order valence-electron chi connectivity index (χ2n) is 9.83. The number of rotatable bonds is 5. The molecule has 2 N–H and O–H groups in total. The first-order chi connectivity index (χ1) is 14.5. The summed E-state index contributed by atoms with van der Waals surface area (Å²) in [6.07, 6.45) is 1.47. The van der Waals surface area contributed by atoms with Crippen molar-refractivity contribution in [3.63, 3.8) is 0 Å². The number of ether oxygens (including phenoxy) is 1. The van der Waals surface area contributed by atoms with E-state index in [0.29, 0.717) is 23.6 Å². The summed E-state index contributed by atoms with van der Waals surface area (Å²) in [5.41, 5.74) is -1.29. The number of carbonyl (C=O) groups is 1. The van der Waals surface area contributed by atoms with Crippen molar-refractivity contribution in [1.29, 1.82) is 0 Å². The van der Waals surface area contributed by atoms with E-state index in [4.69, 9.17) is 4.74 Å². The van der Waals surface area contributed by atoms with Gasteiger partial charge in [-0.05, 0) is 68.9 Å². The van der Waals surface area contributed by atoms with Crippen LogP contribution in [0.25, 0.3) is 0 Å². The van der Waals surface area contributed by atoms with E-state index in [2.05, 4.69) is 36.4 Å². The Morgan fingerprint density at radius 1 is 1.26 bits per heavy atom. The van der Waals surface area contributed by atoms with Gasteiger partial charge in [0, 0.05) is 6.20 Å². The minimum atomic E-state index is -4.42. The summed E-state index contributed by atoms with van der Waals surface area (Å²) in [4.78, 5) is 16.7. The summed E-state index contributed by atoms with van der Waals surface area (Å²) >= 11 is 0. The summed E-state index contributed by atoms with van der Waals surface area (Å²) in [5.74, 6) is 1.72. The molecule has 0 bridgehead atoms. The fourth-order valence-corrected chi connectivity index (χ4v) is 5.04. The minimum absolute atomic E-state index is 0.0825. The molecule has 5 nitrogen and oxygen atoms in total. The minimum Gasteiger partial charge on any atom is -0.446 e. The fraction of sp³-hybridized carbons (Fsp3) is 0.739. The maximum atomic E-state index is 12.8. The molecule has 8 heteroatoms. The lowest BCUT2D eigenvalue weighted by Crippen LogP contribution is -2.53. The molecule has 1 amide bonds. The SMILES string of the molecule is CC(C)[C@H]1CC[C@@H](C)CC1OC(=O)NC1CCC[C@]1(C)Nc1ccc(C(F)(F)F)cn1. The van der Waals surface area contributed by atoms with Gasteiger partial charge in [-0.1, -0.05) is 27.2 Å². The lowest BCUT2D eigenvalue weighted by atomic mass is 9.75. The van der Waals surface area contributed by atoms with E-state index in [0.717, 1.165) is 50.8 Å². The van der Waals surface area contributed by atoms with E-state index < -0.39 is 23.4 Å². The number of hydrogen-bond donors (Lipinski definition) is 2. The van der Waals surface area contributed by atoms with Gasteiger partial charge in [0.1, 0.15) is 11.9 Å². The van der Waals surface area contributed by atoms with Crippen LogP contribution in [0.1, 0.15) is 71.8 Å². The van der Waals surface area contributed by atoms with Gasteiger partial charge in [-0.15, -0.1) is 0 Å². The highest BCUT2D eigenvalue weighted by Gasteiger charge is 2.41. The largest absolute Gasteiger partial charge is 0.446 e. The molecule has 1 aromatic heterocycles. The van der Waals surface area contributed by atoms with Crippen molar-refractivity contribution in [3.05, 3.63) is 23.9 Å². The molecule has 0 radical (unpaired) electrons. The lowest BCUT2D eigenvalue weighted by Gasteiger charge is -2.38. The highest BCUT2D eigenvalue weighted by atomic mass is 19.4. The molecule has 0 spiro atoms. The second-order valence-corrected chi connectivity index (χ2v) is 9.83. The molecule has 2 aliphatic rings. The van der Waals surface area contributed by atoms with Crippen LogP contribution in [-0.4, -0.2) is 28.8 Å². The number of halogens is 3. The zero-order chi connectivity index (χ0) is 22.8. The summed E-state index contributed by atoms with van der Waals surface area (Å²) in [6.45, 7) is 8.50. The van der Waals surface area contributed by atoms with Gasteiger partial charge < -0.3 is 15.4 Å². The molecule has 2 unspecified atom stereocenters. The highest BCUT2D eigenvalue weighted by molar-refractivity contribution is 5.68. The average Bonchev–Trinajstić information content (AvgIpc) is 3.01. The third-order valence-corrected chi connectivity index (χ3v) is 6.97. The normalized spacial score (nSPS) is 31.5. The molecule has 5 atom stereocenters. The Kier molecular flexibility index (Phi) is 7.06. The Morgan fingerprint density at radius 2 is 2.00 bits per heavy atom. The highest BCUT2D eigenvalue weighted by Crippen LogP contribution is 2.37. The Morgan fingerprint density at radius 3 is 2.61 bits per heavy atom. The van der Waals surface area contributed by atoms with E-state index in [1.807, 2.05) is 6.92 Å². The van der Waals surface area contributed by atoms with Gasteiger partial charge >= 0.3 is 12.3 Å². The van der Waals surface area contributed by atoms with E-state index >= 15 is 0 Å². The predicted molar refractivity (Wildman–Crippen MR) is 114 cm³/mol. The molecule has 0 saturated heterocycles. The molecule has 174 valence electrons. The third kappa shape index (κ3) is 5.83. The average molecular weight is 442 g/mol. The van der Waals surface area contributed by atoms with E-state index in [-0.39, 0.29) is 12.1 Å². The van der Waals surface area contributed by atoms with E-state index in [1.54, 1.807) is 0 Å².